The van der Waals surface area contributed by atoms with Gasteiger partial charge in [0.05, 0.1) is 56.5 Å². The fourth-order valence-corrected chi connectivity index (χ4v) is 24.0. The van der Waals surface area contributed by atoms with Gasteiger partial charge < -0.3 is 56.6 Å². The van der Waals surface area contributed by atoms with Crippen LogP contribution in [0, 0.1) is 35.5 Å². The number of anilines is 3. The Bertz CT molecular complexity index is 5280. The van der Waals surface area contributed by atoms with E-state index >= 15 is 0 Å². The Balaban J connectivity index is 0.000000282. The number of rotatable bonds is 63. The Morgan fingerprint density at radius 3 is 0.957 bits per heavy atom. The van der Waals surface area contributed by atoms with Crippen molar-refractivity contribution in [1.82, 2.24) is 0 Å². The molecule has 3 amide bonds. The van der Waals surface area contributed by atoms with E-state index in [4.69, 9.17) is 13.6 Å². The molecule has 4 unspecified atom stereocenters. The molecule has 9 rings (SSSR count). The number of unbranched alkanes of at least 4 members (excludes halogenated alkanes) is 12. The summed E-state index contributed by atoms with van der Waals surface area (Å²) in [5, 5.41) is 0.210. The molecule has 0 fully saturated rings. The Hall–Kier alpha value is -7.02. The molecular formula is C108H141N3O18P3S6-3. The van der Waals surface area contributed by atoms with Crippen LogP contribution in [0.15, 0.2) is 146 Å². The van der Waals surface area contributed by atoms with Gasteiger partial charge in [-0.1, -0.05) is 298 Å². The average Bonchev–Trinajstić information content (AvgIpc) is 0.810. The van der Waals surface area contributed by atoms with Gasteiger partial charge in [0.2, 0.25) is 17.7 Å². The van der Waals surface area contributed by atoms with E-state index in [1.807, 2.05) is 146 Å². The van der Waals surface area contributed by atoms with E-state index in [2.05, 4.69) is 56.3 Å². The molecule has 0 aliphatic carbocycles. The van der Waals surface area contributed by atoms with Crippen LogP contribution in [0.1, 0.15) is 324 Å². The standard InChI is InChI=1S/C37H50NO6PS2.C36H48NO6PS2.C35H46NO6PS2/c1-29(2)45(42,43)44-25-13-7-5-6-8-18-34(40)27-37(3,4)47-46-26-14-19-33(39)23-24-36(41)38-28-32-17-10-9-15-30(32)21-22-31-16-11-12-20-35(31)38;1-28(2)44(41,42)43-24-12-6-4-5-7-17-34(39)26-29(3)46-45-25-13-18-33(38)22-23-36(40)37-27-32-16-9-8-14-30(32)20-21-31-15-10-11-19-35(31)37;1-28(2)43(40,41)42-24-11-5-3-4-6-16-33(38)23-26-45-44-25-12-17-32(37)21-22-35(39)36-27-31-15-8-7-13-29(31)19-20-30-14-9-10-18-34(30)36/h9-12,15-17,20,29H,5-8,13-14,18-19,23-28H2,1-4H3,(H,42,43);8-11,14-16,19,28-29H,4-7,12-13,17-18,22-27H2,1-3H3,(H,41,42);7-10,13-15,18,28H,3-6,11-12,16-17,21-27H2,1-2H3,(H,40,41)/p-3. The monoisotopic (exact) mass is 2050 g/mol. The second-order valence-electron chi connectivity index (χ2n) is 36.4. The summed E-state index contributed by atoms with van der Waals surface area (Å²) in [6.45, 7) is 17.9. The fraction of sp³-hybridized carbons (Fsp3) is 0.528. The maximum absolute atomic E-state index is 13.4. The van der Waals surface area contributed by atoms with Crippen molar-refractivity contribution in [2.45, 2.75) is 321 Å². The average molecular weight is 2050 g/mol. The molecule has 138 heavy (non-hydrogen) atoms. The first-order valence-electron chi connectivity index (χ1n) is 48.9. The molecule has 6 aromatic rings. The van der Waals surface area contributed by atoms with Gasteiger partial charge >= 0.3 is 0 Å². The van der Waals surface area contributed by atoms with Gasteiger partial charge in [-0.3, -0.25) is 43.2 Å². The van der Waals surface area contributed by atoms with Crippen LogP contribution in [-0.4, -0.2) is 122 Å². The number of hydrogen-bond acceptors (Lipinski definition) is 24. The zero-order valence-electron chi connectivity index (χ0n) is 82.1. The van der Waals surface area contributed by atoms with Crippen molar-refractivity contribution in [3.8, 4) is 35.5 Å². The Morgan fingerprint density at radius 2 is 0.594 bits per heavy atom. The molecule has 0 saturated heterocycles. The van der Waals surface area contributed by atoms with Crippen molar-refractivity contribution in [3.63, 3.8) is 0 Å². The SMILES string of the molecule is CC(C)P(=O)([O-])OCCCCCCCC(=O)CC(C)(C)SSCCCC(=O)CCC(=O)N1Cc2ccccc2C#Cc2ccccc21.CC(C)P(=O)([O-])OCCCCCCCC(=O)CCSSCCCC(=O)CCC(=O)N1Cc2ccccc2C#Cc2ccccc21.CC(CC(=O)CCCCCCCOP(=O)([O-])C(C)C)SSCCCC(=O)CCC(=O)N1Cc2ccccc2C#Cc2ccccc21. The van der Waals surface area contributed by atoms with Crippen molar-refractivity contribution in [2.75, 3.05) is 57.5 Å². The number of nitrogens with zero attached hydrogens (tertiary/aromatic N) is 3. The van der Waals surface area contributed by atoms with E-state index in [1.165, 1.54) is 0 Å². The first kappa shape index (κ1) is 118. The lowest BCUT2D eigenvalue weighted by molar-refractivity contribution is -0.201. The van der Waals surface area contributed by atoms with Crippen LogP contribution in [-0.2, 0) is 90.1 Å². The molecule has 21 nitrogen and oxygen atoms in total. The zero-order valence-corrected chi connectivity index (χ0v) is 89.6. The smallest absolute Gasteiger partial charge is 0.227 e. The summed E-state index contributed by atoms with van der Waals surface area (Å²) in [6.07, 6.45) is 21.2. The van der Waals surface area contributed by atoms with Gasteiger partial charge in [-0.15, -0.1) is 0 Å². The number of hydrogen-bond donors (Lipinski definition) is 0. The topological polar surface area (TPSA) is 311 Å². The van der Waals surface area contributed by atoms with Crippen LogP contribution < -0.4 is 29.4 Å². The predicted octanol–water partition coefficient (Wildman–Crippen LogP) is 24.3. The highest BCUT2D eigenvalue weighted by Gasteiger charge is 2.29. The highest BCUT2D eigenvalue weighted by atomic mass is 33.1. The normalized spacial score (nSPS) is 13.9. The Labute approximate surface area is 845 Å². The number of carbonyl (C=O) groups is 9. The third-order valence-corrected chi connectivity index (χ3v) is 37.4. The number of carbonyl (C=O) groups excluding carboxylic acids is 9. The molecule has 0 N–H and O–H groups in total. The molecule has 0 bridgehead atoms. The second-order valence-corrected chi connectivity index (χ2v) is 52.2. The van der Waals surface area contributed by atoms with Gasteiger partial charge in [-0.2, -0.15) is 0 Å². The van der Waals surface area contributed by atoms with E-state index in [0.29, 0.717) is 96.7 Å². The van der Waals surface area contributed by atoms with Crippen molar-refractivity contribution in [2.24, 2.45) is 0 Å². The molecule has 30 heteroatoms. The molecule has 6 aromatic carbocycles. The fourth-order valence-electron chi connectivity index (χ4n) is 14.8. The molecule has 4 atom stereocenters. The van der Waals surface area contributed by atoms with Crippen LogP contribution >= 0.6 is 87.6 Å². The van der Waals surface area contributed by atoms with Gasteiger partial charge in [-0.25, -0.2) is 0 Å². The van der Waals surface area contributed by atoms with Gasteiger partial charge in [0.15, 0.2) is 0 Å². The van der Waals surface area contributed by atoms with Crippen LogP contribution in [0.5, 0.6) is 0 Å². The lowest BCUT2D eigenvalue weighted by Gasteiger charge is -2.26. The number of para-hydroxylation sites is 3. The summed E-state index contributed by atoms with van der Waals surface area (Å²) in [5.74, 6) is 23.3. The second kappa shape index (κ2) is 64.6. The van der Waals surface area contributed by atoms with Crippen LogP contribution in [0.4, 0.5) is 17.1 Å². The van der Waals surface area contributed by atoms with E-state index in [1.54, 1.807) is 121 Å². The maximum atomic E-state index is 13.4. The Kier molecular flexibility index (Phi) is 55.2. The van der Waals surface area contributed by atoms with Gasteiger partial charge in [0, 0.05) is 180 Å². The van der Waals surface area contributed by atoms with Crippen molar-refractivity contribution >= 4 is 157 Å². The third kappa shape index (κ3) is 45.7. The number of fused-ring (bicyclic) bond motifs is 6. The molecule has 0 spiro atoms. The summed E-state index contributed by atoms with van der Waals surface area (Å²) in [5.41, 5.74) is 8.98. The summed E-state index contributed by atoms with van der Waals surface area (Å²) >= 11 is 0. The van der Waals surface area contributed by atoms with Gasteiger partial charge in [-0.05, 0) is 143 Å². The lowest BCUT2D eigenvalue weighted by Crippen LogP contribution is -2.32. The summed E-state index contributed by atoms with van der Waals surface area (Å²) in [4.78, 5) is 155. The predicted molar refractivity (Wildman–Crippen MR) is 567 cm³/mol. The molecule has 3 aliphatic heterocycles. The highest BCUT2D eigenvalue weighted by Crippen LogP contribution is 2.46. The minimum absolute atomic E-state index is 0.0755. The summed E-state index contributed by atoms with van der Waals surface area (Å²) < 4.78 is 49.8. The molecule has 0 aromatic heterocycles. The number of amides is 3. The van der Waals surface area contributed by atoms with Crippen molar-refractivity contribution < 1.29 is 85.1 Å². The van der Waals surface area contributed by atoms with Gasteiger partial charge in [0.25, 0.3) is 0 Å². The number of ketones is 6. The minimum Gasteiger partial charge on any atom is -0.778 e. The zero-order chi connectivity index (χ0) is 100. The summed E-state index contributed by atoms with van der Waals surface area (Å²) in [6, 6.07) is 46.5. The van der Waals surface area contributed by atoms with Crippen molar-refractivity contribution in [1.29, 1.82) is 0 Å². The first-order chi connectivity index (χ1) is 66.1. The van der Waals surface area contributed by atoms with E-state index < -0.39 is 39.8 Å². The van der Waals surface area contributed by atoms with E-state index in [-0.39, 0.29) is 121 Å². The Morgan fingerprint density at radius 1 is 0.319 bits per heavy atom. The minimum atomic E-state index is -3.73. The molecule has 3 aliphatic rings. The lowest BCUT2D eigenvalue weighted by atomic mass is 10.0. The van der Waals surface area contributed by atoms with E-state index in [9.17, 15) is 71.5 Å². The molecule has 750 valence electrons. The largest absolute Gasteiger partial charge is 0.778 e. The van der Waals surface area contributed by atoms with Crippen LogP contribution in [0.25, 0.3) is 0 Å². The van der Waals surface area contributed by atoms with Crippen molar-refractivity contribution in [3.05, 3.63) is 196 Å². The molecule has 0 saturated carbocycles. The quantitative estimate of drug-likeness (QED) is 0.0148. The maximum Gasteiger partial charge on any atom is 0.227 e. The third-order valence-electron chi connectivity index (χ3n) is 23.1. The van der Waals surface area contributed by atoms with Crippen LogP contribution in [0.2, 0.25) is 0 Å². The van der Waals surface area contributed by atoms with Gasteiger partial charge in [0.1, 0.15) is 57.5 Å². The van der Waals surface area contributed by atoms with Crippen LogP contribution in [0.3, 0.4) is 0 Å². The first-order valence-corrected chi connectivity index (χ1v) is 60.9. The molecule has 3 heterocycles. The number of benzene rings is 6. The van der Waals surface area contributed by atoms with E-state index in [0.717, 1.165) is 186 Å². The number of Topliss-reactive ketones (excluding diaryl/α,β-unsaturated/α-hetero) is 6. The highest BCUT2D eigenvalue weighted by molar-refractivity contribution is 8.77. The molecule has 0 radical (unpaired) electrons. The molecular weight excluding hydrogens is 1910 g/mol. The summed E-state index contributed by atoms with van der Waals surface area (Å²) in [7, 11) is -1.05.